The van der Waals surface area contributed by atoms with Gasteiger partial charge in [-0.15, -0.1) is 0 Å². The first kappa shape index (κ1) is 14.3. The van der Waals surface area contributed by atoms with Crippen LogP contribution in [0.2, 0.25) is 0 Å². The normalized spacial score (nSPS) is 19.7. The Morgan fingerprint density at radius 1 is 0.952 bits per heavy atom. The highest BCUT2D eigenvalue weighted by Crippen LogP contribution is 2.24. The average molecular weight is 301 g/mol. The van der Waals surface area contributed by atoms with Gasteiger partial charge < -0.3 is 0 Å². The van der Waals surface area contributed by atoms with Crippen LogP contribution in [-0.4, -0.2) is 31.7 Å². The molecule has 3 rings (SSSR count). The van der Waals surface area contributed by atoms with Crippen LogP contribution in [0.3, 0.4) is 0 Å². The van der Waals surface area contributed by atoms with Crippen molar-refractivity contribution in [1.82, 2.24) is 4.90 Å². The third-order valence-electron chi connectivity index (χ3n) is 3.99. The van der Waals surface area contributed by atoms with Gasteiger partial charge in [-0.25, -0.2) is 8.42 Å². The first-order valence-corrected chi connectivity index (χ1v) is 8.76. The first-order chi connectivity index (χ1) is 10.2. The molecule has 2 aromatic carbocycles. The molecule has 0 N–H and O–H groups in total. The van der Waals surface area contributed by atoms with E-state index in [4.69, 9.17) is 0 Å². The number of hydrogen-bond donors (Lipinski definition) is 0. The Balaban J connectivity index is 1.70. The molecule has 1 atom stereocenters. The van der Waals surface area contributed by atoms with Crippen LogP contribution in [0, 0.1) is 0 Å². The SMILES string of the molecule is O=S(=O)(c1ccccc1)[C@H]1CCN(Cc2ccccc2)C1. The van der Waals surface area contributed by atoms with Crippen LogP contribution in [0.1, 0.15) is 12.0 Å². The summed E-state index contributed by atoms with van der Waals surface area (Å²) in [5.41, 5.74) is 1.23. The third kappa shape index (κ3) is 3.17. The van der Waals surface area contributed by atoms with Crippen molar-refractivity contribution in [3.63, 3.8) is 0 Å². The van der Waals surface area contributed by atoms with Crippen LogP contribution in [0.5, 0.6) is 0 Å². The zero-order valence-corrected chi connectivity index (χ0v) is 12.7. The molecule has 4 heteroatoms. The van der Waals surface area contributed by atoms with Gasteiger partial charge in [0.15, 0.2) is 9.84 Å². The van der Waals surface area contributed by atoms with Gasteiger partial charge in [-0.3, -0.25) is 4.90 Å². The fraction of sp³-hybridized carbons (Fsp3) is 0.294. The minimum Gasteiger partial charge on any atom is -0.298 e. The van der Waals surface area contributed by atoms with E-state index < -0.39 is 9.84 Å². The lowest BCUT2D eigenvalue weighted by Crippen LogP contribution is -2.26. The standard InChI is InChI=1S/C17H19NO2S/c19-21(20,16-9-5-2-6-10-16)17-11-12-18(14-17)13-15-7-3-1-4-8-15/h1-10,17H,11-14H2/t17-/m0/s1. The number of hydrogen-bond acceptors (Lipinski definition) is 3. The number of rotatable bonds is 4. The maximum atomic E-state index is 12.6. The topological polar surface area (TPSA) is 37.4 Å². The predicted octanol–water partition coefficient (Wildman–Crippen LogP) is 2.73. The second kappa shape index (κ2) is 6.00. The highest BCUT2D eigenvalue weighted by molar-refractivity contribution is 7.92. The van der Waals surface area contributed by atoms with E-state index in [1.165, 1.54) is 5.56 Å². The summed E-state index contributed by atoms with van der Waals surface area (Å²) in [6.45, 7) is 2.28. The Morgan fingerprint density at radius 2 is 1.57 bits per heavy atom. The highest BCUT2D eigenvalue weighted by Gasteiger charge is 2.33. The molecule has 2 aromatic rings. The van der Waals surface area contributed by atoms with Crippen LogP contribution in [0.4, 0.5) is 0 Å². The lowest BCUT2D eigenvalue weighted by Gasteiger charge is -2.16. The van der Waals surface area contributed by atoms with Gasteiger partial charge in [0.2, 0.25) is 0 Å². The number of sulfone groups is 1. The smallest absolute Gasteiger partial charge is 0.182 e. The quantitative estimate of drug-likeness (QED) is 0.871. The maximum Gasteiger partial charge on any atom is 0.182 e. The number of nitrogens with zero attached hydrogens (tertiary/aromatic N) is 1. The van der Waals surface area contributed by atoms with Gasteiger partial charge in [0.25, 0.3) is 0 Å². The van der Waals surface area contributed by atoms with E-state index >= 15 is 0 Å². The molecule has 0 radical (unpaired) electrons. The second-order valence-electron chi connectivity index (χ2n) is 5.49. The monoisotopic (exact) mass is 301 g/mol. The summed E-state index contributed by atoms with van der Waals surface area (Å²) in [6, 6.07) is 19.0. The minimum absolute atomic E-state index is 0.288. The van der Waals surface area contributed by atoms with Crippen molar-refractivity contribution in [1.29, 1.82) is 0 Å². The molecule has 0 unspecified atom stereocenters. The summed E-state index contributed by atoms with van der Waals surface area (Å²) in [4.78, 5) is 2.66. The first-order valence-electron chi connectivity index (χ1n) is 7.21. The Morgan fingerprint density at radius 3 is 2.24 bits per heavy atom. The molecule has 110 valence electrons. The van der Waals surface area contributed by atoms with Gasteiger partial charge in [-0.05, 0) is 30.7 Å². The summed E-state index contributed by atoms with van der Waals surface area (Å²) >= 11 is 0. The summed E-state index contributed by atoms with van der Waals surface area (Å²) in [5, 5.41) is -0.288. The van der Waals surface area contributed by atoms with Gasteiger partial charge >= 0.3 is 0 Å². The molecule has 0 bridgehead atoms. The van der Waals surface area contributed by atoms with E-state index in [0.717, 1.165) is 13.1 Å². The van der Waals surface area contributed by atoms with Crippen molar-refractivity contribution in [3.05, 3.63) is 66.2 Å². The molecular formula is C17H19NO2S. The lowest BCUT2D eigenvalue weighted by atomic mass is 10.2. The molecule has 0 aromatic heterocycles. The van der Waals surface area contributed by atoms with E-state index in [0.29, 0.717) is 17.9 Å². The highest BCUT2D eigenvalue weighted by atomic mass is 32.2. The van der Waals surface area contributed by atoms with Gasteiger partial charge in [0.05, 0.1) is 10.1 Å². The van der Waals surface area contributed by atoms with E-state index in [1.54, 1.807) is 24.3 Å². The van der Waals surface area contributed by atoms with E-state index in [2.05, 4.69) is 17.0 Å². The van der Waals surface area contributed by atoms with Gasteiger partial charge in [0.1, 0.15) is 0 Å². The van der Waals surface area contributed by atoms with Gasteiger partial charge in [0, 0.05) is 13.1 Å². The third-order valence-corrected chi connectivity index (χ3v) is 6.18. The molecular weight excluding hydrogens is 282 g/mol. The molecule has 1 fully saturated rings. The van der Waals surface area contributed by atoms with Crippen molar-refractivity contribution in [2.45, 2.75) is 23.1 Å². The van der Waals surface area contributed by atoms with Crippen LogP contribution in [0.15, 0.2) is 65.6 Å². The number of likely N-dealkylation sites (tertiary alicyclic amines) is 1. The van der Waals surface area contributed by atoms with Crippen LogP contribution < -0.4 is 0 Å². The van der Waals surface area contributed by atoms with Crippen LogP contribution in [0.25, 0.3) is 0 Å². The molecule has 0 amide bonds. The molecule has 21 heavy (non-hydrogen) atoms. The van der Waals surface area contributed by atoms with Crippen molar-refractivity contribution >= 4 is 9.84 Å². The van der Waals surface area contributed by atoms with Crippen molar-refractivity contribution in [2.24, 2.45) is 0 Å². The molecule has 0 spiro atoms. The van der Waals surface area contributed by atoms with Gasteiger partial charge in [-0.2, -0.15) is 0 Å². The Bertz CT molecular complexity index is 683. The molecule has 0 saturated carbocycles. The fourth-order valence-corrected chi connectivity index (χ4v) is 4.58. The summed E-state index contributed by atoms with van der Waals surface area (Å²) < 4.78 is 25.2. The van der Waals surface area contributed by atoms with E-state index in [-0.39, 0.29) is 5.25 Å². The second-order valence-corrected chi connectivity index (χ2v) is 7.72. The van der Waals surface area contributed by atoms with E-state index in [9.17, 15) is 8.42 Å². The summed E-state index contributed by atoms with van der Waals surface area (Å²) in [6.07, 6.45) is 0.712. The van der Waals surface area contributed by atoms with Gasteiger partial charge in [-0.1, -0.05) is 48.5 Å². The fourth-order valence-electron chi connectivity index (χ4n) is 2.84. The maximum absolute atomic E-state index is 12.6. The Kier molecular flexibility index (Phi) is 4.08. The minimum atomic E-state index is -3.21. The molecule has 1 aliphatic rings. The van der Waals surface area contributed by atoms with Crippen LogP contribution in [-0.2, 0) is 16.4 Å². The molecule has 1 aliphatic heterocycles. The van der Waals surface area contributed by atoms with Crippen molar-refractivity contribution < 1.29 is 8.42 Å². The Labute approximate surface area is 126 Å². The molecule has 3 nitrogen and oxygen atoms in total. The predicted molar refractivity (Wildman–Crippen MR) is 83.8 cm³/mol. The zero-order valence-electron chi connectivity index (χ0n) is 11.9. The van der Waals surface area contributed by atoms with E-state index in [1.807, 2.05) is 24.3 Å². The molecule has 0 aliphatic carbocycles. The average Bonchev–Trinajstić information content (AvgIpc) is 2.98. The molecule has 1 heterocycles. The van der Waals surface area contributed by atoms with Crippen molar-refractivity contribution in [3.8, 4) is 0 Å². The summed E-state index contributed by atoms with van der Waals surface area (Å²) in [5.74, 6) is 0. The molecule has 1 saturated heterocycles. The van der Waals surface area contributed by atoms with Crippen molar-refractivity contribution in [2.75, 3.05) is 13.1 Å². The number of benzene rings is 2. The Hall–Kier alpha value is -1.65. The van der Waals surface area contributed by atoms with Crippen LogP contribution >= 0.6 is 0 Å². The zero-order chi connectivity index (χ0) is 14.7. The lowest BCUT2D eigenvalue weighted by molar-refractivity contribution is 0.331. The summed E-state index contributed by atoms with van der Waals surface area (Å²) in [7, 11) is -3.21. The largest absolute Gasteiger partial charge is 0.298 e.